The van der Waals surface area contributed by atoms with Crippen LogP contribution < -0.4 is 0 Å². The van der Waals surface area contributed by atoms with Crippen molar-refractivity contribution in [2.75, 3.05) is 0 Å². The van der Waals surface area contributed by atoms with Crippen molar-refractivity contribution >= 4 is 11.6 Å². The van der Waals surface area contributed by atoms with Crippen molar-refractivity contribution in [3.63, 3.8) is 0 Å². The van der Waals surface area contributed by atoms with E-state index in [2.05, 4.69) is 0 Å². The van der Waals surface area contributed by atoms with Gasteiger partial charge >= 0.3 is 0 Å². The van der Waals surface area contributed by atoms with Crippen LogP contribution in [0, 0.1) is 5.92 Å². The van der Waals surface area contributed by atoms with Gasteiger partial charge in [0, 0.05) is 24.3 Å². The molecule has 0 saturated heterocycles. The van der Waals surface area contributed by atoms with Crippen LogP contribution >= 0.6 is 0 Å². The van der Waals surface area contributed by atoms with Gasteiger partial charge in [-0.2, -0.15) is 0 Å². The molecule has 92 valence electrons. The second-order valence-corrected chi connectivity index (χ2v) is 4.62. The maximum Gasteiger partial charge on any atom is 0.162 e. The number of carbonyl (C=O) groups excluding carboxylic acids is 2. The van der Waals surface area contributed by atoms with E-state index in [1.165, 1.54) is 0 Å². The maximum absolute atomic E-state index is 11.7. The molecule has 0 atom stereocenters. The fourth-order valence-corrected chi connectivity index (χ4v) is 1.64. The lowest BCUT2D eigenvalue weighted by molar-refractivity contribution is -0.122. The molecule has 0 N–H and O–H groups in total. The van der Waals surface area contributed by atoms with E-state index in [4.69, 9.17) is 0 Å². The van der Waals surface area contributed by atoms with Crippen molar-refractivity contribution in [2.45, 2.75) is 39.5 Å². The van der Waals surface area contributed by atoms with Crippen molar-refractivity contribution in [1.29, 1.82) is 0 Å². The summed E-state index contributed by atoms with van der Waals surface area (Å²) in [5, 5.41) is 0. The van der Waals surface area contributed by atoms with Gasteiger partial charge in [-0.15, -0.1) is 0 Å². The second kappa shape index (κ2) is 7.00. The van der Waals surface area contributed by atoms with Gasteiger partial charge in [-0.05, 0) is 12.8 Å². The number of hydrogen-bond donors (Lipinski definition) is 0. The summed E-state index contributed by atoms with van der Waals surface area (Å²) in [6.07, 6.45) is 2.75. The zero-order chi connectivity index (χ0) is 12.7. The quantitative estimate of drug-likeness (QED) is 0.531. The highest BCUT2D eigenvalue weighted by atomic mass is 16.1. The third-order valence-corrected chi connectivity index (χ3v) is 2.82. The van der Waals surface area contributed by atoms with Gasteiger partial charge < -0.3 is 0 Å². The molecule has 0 aromatic heterocycles. The van der Waals surface area contributed by atoms with Gasteiger partial charge in [-0.25, -0.2) is 0 Å². The topological polar surface area (TPSA) is 34.1 Å². The van der Waals surface area contributed by atoms with Gasteiger partial charge in [-0.1, -0.05) is 44.2 Å². The number of Topliss-reactive ketones (excluding diaryl/α,β-unsaturated/α-hetero) is 2. The molecule has 0 heterocycles. The number of hydrogen-bond acceptors (Lipinski definition) is 2. The molecule has 1 rings (SSSR count). The second-order valence-electron chi connectivity index (χ2n) is 4.62. The lowest BCUT2D eigenvalue weighted by atomic mass is 10.0. The summed E-state index contributed by atoms with van der Waals surface area (Å²) in [5.74, 6) is 0.569. The van der Waals surface area contributed by atoms with E-state index in [9.17, 15) is 9.59 Å². The van der Waals surface area contributed by atoms with Crippen LogP contribution in [0.4, 0.5) is 0 Å². The van der Waals surface area contributed by atoms with Crippen LogP contribution in [0.25, 0.3) is 0 Å². The summed E-state index contributed by atoms with van der Waals surface area (Å²) < 4.78 is 0. The molecule has 0 radical (unpaired) electrons. The first kappa shape index (κ1) is 13.6. The zero-order valence-electron chi connectivity index (χ0n) is 10.6. The normalized spacial score (nSPS) is 10.5. The molecule has 17 heavy (non-hydrogen) atoms. The molecular weight excluding hydrogens is 212 g/mol. The molecule has 0 aliphatic heterocycles. The van der Waals surface area contributed by atoms with E-state index in [-0.39, 0.29) is 17.5 Å². The number of unbranched alkanes of at least 4 members (excludes halogenated alkanes) is 1. The van der Waals surface area contributed by atoms with E-state index in [1.54, 1.807) is 0 Å². The molecule has 2 nitrogen and oxygen atoms in total. The molecule has 0 aliphatic rings. The molecular formula is C15H20O2. The highest BCUT2D eigenvalue weighted by Gasteiger charge is 2.08. The van der Waals surface area contributed by atoms with Crippen molar-refractivity contribution in [1.82, 2.24) is 0 Å². The minimum atomic E-state index is 0.111. The summed E-state index contributed by atoms with van der Waals surface area (Å²) in [4.78, 5) is 23.1. The van der Waals surface area contributed by atoms with Crippen molar-refractivity contribution < 1.29 is 9.59 Å². The first-order valence-corrected chi connectivity index (χ1v) is 6.22. The van der Waals surface area contributed by atoms with Crippen LogP contribution in [0.1, 0.15) is 49.9 Å². The predicted molar refractivity (Wildman–Crippen MR) is 69.1 cm³/mol. The van der Waals surface area contributed by atoms with E-state index in [0.29, 0.717) is 12.8 Å². The fraction of sp³-hybridized carbons (Fsp3) is 0.467. The predicted octanol–water partition coefficient (Wildman–Crippen LogP) is 3.65. The molecule has 0 aliphatic carbocycles. The van der Waals surface area contributed by atoms with Gasteiger partial charge in [-0.3, -0.25) is 9.59 Å². The average molecular weight is 232 g/mol. The molecule has 0 bridgehead atoms. The molecule has 2 heteroatoms. The molecule has 0 saturated carbocycles. The molecule has 0 amide bonds. The first-order chi connectivity index (χ1) is 8.11. The van der Waals surface area contributed by atoms with E-state index in [1.807, 2.05) is 44.2 Å². The Balaban J connectivity index is 2.24. The van der Waals surface area contributed by atoms with Gasteiger partial charge in [0.25, 0.3) is 0 Å². The zero-order valence-corrected chi connectivity index (χ0v) is 10.6. The Morgan fingerprint density at radius 1 is 1.00 bits per heavy atom. The van der Waals surface area contributed by atoms with E-state index < -0.39 is 0 Å². The van der Waals surface area contributed by atoms with Crippen LogP contribution in [0.3, 0.4) is 0 Å². The number of carbonyl (C=O) groups is 2. The first-order valence-electron chi connectivity index (χ1n) is 6.22. The van der Waals surface area contributed by atoms with Crippen molar-refractivity contribution in [3.05, 3.63) is 35.9 Å². The van der Waals surface area contributed by atoms with Crippen LogP contribution in [0.2, 0.25) is 0 Å². The van der Waals surface area contributed by atoms with Crippen LogP contribution in [-0.4, -0.2) is 11.6 Å². The molecule has 0 unspecified atom stereocenters. The van der Waals surface area contributed by atoms with Crippen molar-refractivity contribution in [3.8, 4) is 0 Å². The number of ketones is 2. The standard InChI is InChI=1S/C15H20O2/c1-12(2)14(16)10-6-7-11-15(17)13-8-4-3-5-9-13/h3-5,8-9,12H,6-7,10-11H2,1-2H3. The largest absolute Gasteiger partial charge is 0.299 e. The summed E-state index contributed by atoms with van der Waals surface area (Å²) in [6, 6.07) is 9.31. The highest BCUT2D eigenvalue weighted by Crippen LogP contribution is 2.10. The summed E-state index contributed by atoms with van der Waals surface area (Å²) in [5.41, 5.74) is 0.766. The third kappa shape index (κ3) is 4.94. The summed E-state index contributed by atoms with van der Waals surface area (Å²) in [6.45, 7) is 3.83. The SMILES string of the molecule is CC(C)C(=O)CCCCC(=O)c1ccccc1. The Morgan fingerprint density at radius 2 is 1.59 bits per heavy atom. The van der Waals surface area contributed by atoms with Crippen molar-refractivity contribution in [2.24, 2.45) is 5.92 Å². The Kier molecular flexibility index (Phi) is 5.61. The monoisotopic (exact) mass is 232 g/mol. The van der Waals surface area contributed by atoms with E-state index in [0.717, 1.165) is 18.4 Å². The average Bonchev–Trinajstić information content (AvgIpc) is 2.35. The van der Waals surface area contributed by atoms with Crippen LogP contribution in [-0.2, 0) is 4.79 Å². The molecule has 0 fully saturated rings. The molecule has 1 aromatic carbocycles. The van der Waals surface area contributed by atoms with Gasteiger partial charge in [0.2, 0.25) is 0 Å². The molecule has 1 aromatic rings. The Hall–Kier alpha value is -1.44. The maximum atomic E-state index is 11.7. The lowest BCUT2D eigenvalue weighted by Crippen LogP contribution is -2.06. The summed E-state index contributed by atoms with van der Waals surface area (Å²) in [7, 11) is 0. The Labute approximate surface area is 103 Å². The van der Waals surface area contributed by atoms with Gasteiger partial charge in [0.15, 0.2) is 5.78 Å². The Morgan fingerprint density at radius 3 is 2.18 bits per heavy atom. The fourth-order valence-electron chi connectivity index (χ4n) is 1.64. The van der Waals surface area contributed by atoms with Gasteiger partial charge in [0.1, 0.15) is 5.78 Å². The summed E-state index contributed by atoms with van der Waals surface area (Å²) >= 11 is 0. The number of benzene rings is 1. The lowest BCUT2D eigenvalue weighted by Gasteiger charge is -2.03. The van der Waals surface area contributed by atoms with Gasteiger partial charge in [0.05, 0.1) is 0 Å². The number of rotatable bonds is 7. The van der Waals surface area contributed by atoms with Crippen LogP contribution in [0.5, 0.6) is 0 Å². The smallest absolute Gasteiger partial charge is 0.162 e. The minimum Gasteiger partial charge on any atom is -0.299 e. The van der Waals surface area contributed by atoms with E-state index >= 15 is 0 Å². The molecule has 0 spiro atoms. The Bertz CT molecular complexity index is 366. The third-order valence-electron chi connectivity index (χ3n) is 2.82. The minimum absolute atomic E-state index is 0.111. The highest BCUT2D eigenvalue weighted by molar-refractivity contribution is 5.95. The van der Waals surface area contributed by atoms with Crippen LogP contribution in [0.15, 0.2) is 30.3 Å².